The molecule has 0 fully saturated rings. The second-order valence-electron chi connectivity index (χ2n) is 5.99. The zero-order chi connectivity index (χ0) is 15.3. The molecule has 0 saturated carbocycles. The minimum Gasteiger partial charge on any atom is -0.493 e. The molecule has 0 heterocycles. The number of benzene rings is 1. The summed E-state index contributed by atoms with van der Waals surface area (Å²) in [6.45, 7) is 10.5. The van der Waals surface area contributed by atoms with Crippen molar-refractivity contribution in [3.8, 4) is 5.75 Å². The van der Waals surface area contributed by atoms with E-state index in [0.717, 1.165) is 24.2 Å². The quantitative estimate of drug-likeness (QED) is 0.592. The van der Waals surface area contributed by atoms with Crippen molar-refractivity contribution >= 4 is 11.6 Å². The number of ether oxygens (including phenoxy) is 1. The van der Waals surface area contributed by atoms with Crippen LogP contribution in [-0.4, -0.2) is 6.61 Å². The lowest BCUT2D eigenvalue weighted by Crippen LogP contribution is -2.15. The summed E-state index contributed by atoms with van der Waals surface area (Å²) in [5.74, 6) is 0.929. The van der Waals surface area contributed by atoms with Crippen molar-refractivity contribution in [3.05, 3.63) is 40.2 Å². The zero-order valence-electron chi connectivity index (χ0n) is 13.0. The first-order valence-corrected chi connectivity index (χ1v) is 7.34. The highest BCUT2D eigenvalue weighted by Gasteiger charge is 2.22. The molecule has 0 spiro atoms. The van der Waals surface area contributed by atoms with E-state index in [-0.39, 0.29) is 5.41 Å². The molecule has 0 amide bonds. The van der Waals surface area contributed by atoms with Gasteiger partial charge < -0.3 is 4.74 Å². The number of hydrogen-bond acceptors (Lipinski definition) is 1. The minimum absolute atomic E-state index is 0.239. The van der Waals surface area contributed by atoms with Crippen LogP contribution in [0, 0.1) is 19.3 Å². The Morgan fingerprint density at radius 3 is 2.55 bits per heavy atom. The lowest BCUT2D eigenvalue weighted by Gasteiger charge is -2.25. The van der Waals surface area contributed by atoms with Crippen molar-refractivity contribution < 1.29 is 9.13 Å². The van der Waals surface area contributed by atoms with Crippen LogP contribution < -0.4 is 4.74 Å². The van der Waals surface area contributed by atoms with E-state index in [0.29, 0.717) is 12.2 Å². The first-order chi connectivity index (χ1) is 9.24. The van der Waals surface area contributed by atoms with Gasteiger partial charge in [-0.2, -0.15) is 4.39 Å². The molecule has 112 valence electrons. The van der Waals surface area contributed by atoms with Gasteiger partial charge in [-0.15, -0.1) is 0 Å². The van der Waals surface area contributed by atoms with Gasteiger partial charge in [-0.05, 0) is 61.8 Å². The fourth-order valence-corrected chi connectivity index (χ4v) is 2.26. The highest BCUT2D eigenvalue weighted by molar-refractivity contribution is 6.28. The SMILES string of the molecule is C/C(=C(\F)Cl)C(C)(C)CCCOc1cc(C)ccc1C. The second kappa shape index (κ2) is 7.12. The molecule has 0 aliphatic carbocycles. The Bertz CT molecular complexity index is 488. The fraction of sp³-hybridized carbons (Fsp3) is 0.529. The topological polar surface area (TPSA) is 9.23 Å². The van der Waals surface area contributed by atoms with Crippen molar-refractivity contribution in [2.75, 3.05) is 6.61 Å². The van der Waals surface area contributed by atoms with Crippen molar-refractivity contribution in [2.45, 2.75) is 47.5 Å². The van der Waals surface area contributed by atoms with Gasteiger partial charge in [-0.1, -0.05) is 37.6 Å². The van der Waals surface area contributed by atoms with E-state index in [2.05, 4.69) is 12.1 Å². The number of halogens is 2. The first-order valence-electron chi connectivity index (χ1n) is 6.96. The maximum atomic E-state index is 13.1. The van der Waals surface area contributed by atoms with E-state index < -0.39 is 5.29 Å². The molecule has 0 atom stereocenters. The van der Waals surface area contributed by atoms with Crippen LogP contribution in [-0.2, 0) is 0 Å². The number of rotatable bonds is 6. The van der Waals surface area contributed by atoms with Crippen LogP contribution in [0.1, 0.15) is 44.7 Å². The summed E-state index contributed by atoms with van der Waals surface area (Å²) in [5.41, 5.74) is 2.69. The smallest absolute Gasteiger partial charge is 0.188 e. The average Bonchev–Trinajstić information content (AvgIpc) is 2.37. The van der Waals surface area contributed by atoms with Gasteiger partial charge in [-0.25, -0.2) is 0 Å². The van der Waals surface area contributed by atoms with Gasteiger partial charge in [0.2, 0.25) is 0 Å². The van der Waals surface area contributed by atoms with Crippen LogP contribution in [0.2, 0.25) is 0 Å². The molecule has 0 bridgehead atoms. The summed E-state index contributed by atoms with van der Waals surface area (Å²) in [7, 11) is 0. The Hall–Kier alpha value is -1.02. The minimum atomic E-state index is -0.592. The first kappa shape index (κ1) is 17.0. The Kier molecular flexibility index (Phi) is 6.07. The number of hydrogen-bond donors (Lipinski definition) is 0. The summed E-state index contributed by atoms with van der Waals surface area (Å²) in [6, 6.07) is 6.18. The molecule has 3 heteroatoms. The molecule has 1 aromatic carbocycles. The third-order valence-corrected chi connectivity index (χ3v) is 4.13. The molecule has 1 nitrogen and oxygen atoms in total. The van der Waals surface area contributed by atoms with Crippen LogP contribution in [0.25, 0.3) is 0 Å². The van der Waals surface area contributed by atoms with Crippen molar-refractivity contribution in [1.29, 1.82) is 0 Å². The Morgan fingerprint density at radius 2 is 1.95 bits per heavy atom. The van der Waals surface area contributed by atoms with Crippen LogP contribution >= 0.6 is 11.6 Å². The molecule has 0 radical (unpaired) electrons. The standard InChI is InChI=1S/C17H24ClFO/c1-12-7-8-13(2)15(11-12)20-10-6-9-17(4,5)14(3)16(18)19/h7-8,11H,6,9-10H2,1-5H3/b16-14+. The predicted molar refractivity (Wildman–Crippen MR) is 84.1 cm³/mol. The summed E-state index contributed by atoms with van der Waals surface area (Å²) in [5, 5.41) is -0.592. The molecule has 0 N–H and O–H groups in total. The van der Waals surface area contributed by atoms with Gasteiger partial charge >= 0.3 is 0 Å². The van der Waals surface area contributed by atoms with Crippen molar-refractivity contribution in [2.24, 2.45) is 5.41 Å². The highest BCUT2D eigenvalue weighted by Crippen LogP contribution is 2.35. The molecule has 0 aromatic heterocycles. The van der Waals surface area contributed by atoms with Crippen LogP contribution in [0.4, 0.5) is 4.39 Å². The molecular weight excluding hydrogens is 275 g/mol. The van der Waals surface area contributed by atoms with Gasteiger partial charge in [0.05, 0.1) is 6.61 Å². The Morgan fingerprint density at radius 1 is 1.30 bits per heavy atom. The lowest BCUT2D eigenvalue weighted by molar-refractivity contribution is 0.274. The van der Waals surface area contributed by atoms with Gasteiger partial charge in [0.15, 0.2) is 5.29 Å². The van der Waals surface area contributed by atoms with E-state index >= 15 is 0 Å². The molecule has 1 aromatic rings. The molecule has 0 saturated heterocycles. The van der Waals surface area contributed by atoms with Crippen LogP contribution in [0.15, 0.2) is 29.1 Å². The van der Waals surface area contributed by atoms with Gasteiger partial charge in [0.25, 0.3) is 0 Å². The molecule has 1 rings (SSSR count). The fourth-order valence-electron chi connectivity index (χ4n) is 2.00. The van der Waals surface area contributed by atoms with Gasteiger partial charge in [0, 0.05) is 0 Å². The van der Waals surface area contributed by atoms with Crippen LogP contribution in [0.5, 0.6) is 5.75 Å². The van der Waals surface area contributed by atoms with E-state index in [1.807, 2.05) is 33.8 Å². The molecule has 20 heavy (non-hydrogen) atoms. The van der Waals surface area contributed by atoms with E-state index in [4.69, 9.17) is 16.3 Å². The van der Waals surface area contributed by atoms with Gasteiger partial charge in [-0.3, -0.25) is 0 Å². The summed E-state index contributed by atoms with van der Waals surface area (Å²) < 4.78 is 18.9. The monoisotopic (exact) mass is 298 g/mol. The van der Waals surface area contributed by atoms with E-state index in [1.165, 1.54) is 5.56 Å². The highest BCUT2D eigenvalue weighted by atomic mass is 35.5. The lowest BCUT2D eigenvalue weighted by atomic mass is 9.81. The van der Waals surface area contributed by atoms with E-state index in [1.54, 1.807) is 6.92 Å². The summed E-state index contributed by atoms with van der Waals surface area (Å²) in [6.07, 6.45) is 1.70. The Balaban J connectivity index is 2.50. The predicted octanol–water partition coefficient (Wildman–Crippen LogP) is 5.93. The van der Waals surface area contributed by atoms with Gasteiger partial charge in [0.1, 0.15) is 5.75 Å². The molecule has 0 aliphatic rings. The largest absolute Gasteiger partial charge is 0.493 e. The third-order valence-electron chi connectivity index (χ3n) is 3.85. The number of aryl methyl sites for hydroxylation is 2. The Labute approximate surface area is 126 Å². The maximum absolute atomic E-state index is 13.1. The zero-order valence-corrected chi connectivity index (χ0v) is 13.8. The summed E-state index contributed by atoms with van der Waals surface area (Å²) in [4.78, 5) is 0. The molecule has 0 aliphatic heterocycles. The van der Waals surface area contributed by atoms with Crippen molar-refractivity contribution in [1.82, 2.24) is 0 Å². The number of allylic oxidation sites excluding steroid dienone is 1. The third kappa shape index (κ3) is 4.82. The second-order valence-corrected chi connectivity index (χ2v) is 6.32. The van der Waals surface area contributed by atoms with E-state index in [9.17, 15) is 4.39 Å². The summed E-state index contributed by atoms with van der Waals surface area (Å²) >= 11 is 5.44. The maximum Gasteiger partial charge on any atom is 0.188 e. The van der Waals surface area contributed by atoms with Crippen LogP contribution in [0.3, 0.4) is 0 Å². The normalized spacial score (nSPS) is 13.2. The molecule has 0 unspecified atom stereocenters. The van der Waals surface area contributed by atoms with Crippen molar-refractivity contribution in [3.63, 3.8) is 0 Å². The average molecular weight is 299 g/mol. The molecular formula is C17H24ClFO.